The molecule has 112 valence electrons. The van der Waals surface area contributed by atoms with Gasteiger partial charge in [-0.1, -0.05) is 12.8 Å². The molecule has 4 aliphatic rings. The second-order valence-corrected chi connectivity index (χ2v) is 7.64. The van der Waals surface area contributed by atoms with Crippen molar-refractivity contribution < 1.29 is 4.79 Å². The van der Waals surface area contributed by atoms with Crippen molar-refractivity contribution in [1.29, 1.82) is 0 Å². The molecule has 0 aromatic rings. The summed E-state index contributed by atoms with van der Waals surface area (Å²) in [6, 6.07) is 0.704. The SMILES string of the molecule is CC(NC1C2C3CCC(C3)C12)C(=O)N1CCCCCC1. The van der Waals surface area contributed by atoms with E-state index < -0.39 is 0 Å². The van der Waals surface area contributed by atoms with E-state index >= 15 is 0 Å². The molecule has 1 aliphatic heterocycles. The normalized spacial score (nSPS) is 44.0. The third kappa shape index (κ3) is 2.09. The number of amides is 1. The predicted molar refractivity (Wildman–Crippen MR) is 79.2 cm³/mol. The molecular weight excluding hydrogens is 248 g/mol. The minimum absolute atomic E-state index is 0.0306. The Morgan fingerprint density at radius 2 is 1.65 bits per heavy atom. The van der Waals surface area contributed by atoms with E-state index in [2.05, 4.69) is 17.1 Å². The molecular formula is C17H28N2O. The maximum absolute atomic E-state index is 12.6. The standard InChI is InChI=1S/C17H28N2O/c1-11(17(20)19-8-4-2-3-5-9-19)18-16-14-12-6-7-13(10-12)15(14)16/h11-16,18H,2-10H2,1H3. The molecule has 0 spiro atoms. The molecule has 3 nitrogen and oxygen atoms in total. The molecule has 1 heterocycles. The topological polar surface area (TPSA) is 32.3 Å². The van der Waals surface area contributed by atoms with E-state index in [9.17, 15) is 4.79 Å². The Morgan fingerprint density at radius 3 is 2.25 bits per heavy atom. The number of carbonyl (C=O) groups excluding carboxylic acids is 1. The molecule has 0 aromatic heterocycles. The first kappa shape index (κ1) is 13.1. The first-order chi connectivity index (χ1) is 9.75. The molecule has 1 amide bonds. The lowest BCUT2D eigenvalue weighted by molar-refractivity contribution is -0.133. The van der Waals surface area contributed by atoms with Crippen molar-refractivity contribution in [2.24, 2.45) is 23.7 Å². The number of fused-ring (bicyclic) bond motifs is 5. The molecule has 3 aliphatic carbocycles. The van der Waals surface area contributed by atoms with Crippen LogP contribution in [-0.2, 0) is 4.79 Å². The molecule has 3 saturated carbocycles. The number of nitrogens with one attached hydrogen (secondary N) is 1. The van der Waals surface area contributed by atoms with Gasteiger partial charge in [0.05, 0.1) is 6.04 Å². The zero-order valence-corrected chi connectivity index (χ0v) is 12.7. The fourth-order valence-electron chi connectivity index (χ4n) is 5.47. The van der Waals surface area contributed by atoms with Gasteiger partial charge in [0, 0.05) is 19.1 Å². The van der Waals surface area contributed by atoms with Crippen LogP contribution in [0.15, 0.2) is 0 Å². The van der Waals surface area contributed by atoms with Crippen molar-refractivity contribution in [3.8, 4) is 0 Å². The Kier molecular flexibility index (Phi) is 3.29. The smallest absolute Gasteiger partial charge is 0.239 e. The Balaban J connectivity index is 1.32. The monoisotopic (exact) mass is 276 g/mol. The van der Waals surface area contributed by atoms with Gasteiger partial charge < -0.3 is 10.2 Å². The molecule has 5 unspecified atom stereocenters. The van der Waals surface area contributed by atoms with Gasteiger partial charge in [-0.2, -0.15) is 0 Å². The van der Waals surface area contributed by atoms with Gasteiger partial charge in [0.15, 0.2) is 0 Å². The Hall–Kier alpha value is -0.570. The number of likely N-dealkylation sites (tertiary alicyclic amines) is 1. The summed E-state index contributed by atoms with van der Waals surface area (Å²) in [7, 11) is 0. The number of nitrogens with zero attached hydrogens (tertiary/aromatic N) is 1. The summed E-state index contributed by atoms with van der Waals surface area (Å²) >= 11 is 0. The first-order valence-corrected chi connectivity index (χ1v) is 8.80. The highest BCUT2D eigenvalue weighted by atomic mass is 16.2. The summed E-state index contributed by atoms with van der Waals surface area (Å²) in [6.45, 7) is 4.05. The van der Waals surface area contributed by atoms with Crippen LogP contribution in [0.25, 0.3) is 0 Å². The van der Waals surface area contributed by atoms with Crippen molar-refractivity contribution >= 4 is 5.91 Å². The second kappa shape index (κ2) is 5.01. The van der Waals surface area contributed by atoms with Crippen molar-refractivity contribution in [1.82, 2.24) is 10.2 Å². The van der Waals surface area contributed by atoms with Gasteiger partial charge in [-0.25, -0.2) is 0 Å². The number of carbonyl (C=O) groups is 1. The fourth-order valence-corrected chi connectivity index (χ4v) is 5.47. The van der Waals surface area contributed by atoms with Crippen molar-refractivity contribution in [3.63, 3.8) is 0 Å². The lowest BCUT2D eigenvalue weighted by atomic mass is 10.0. The third-order valence-electron chi connectivity index (χ3n) is 6.47. The van der Waals surface area contributed by atoms with Gasteiger partial charge in [0.25, 0.3) is 0 Å². The predicted octanol–water partition coefficient (Wildman–Crippen LogP) is 2.41. The van der Waals surface area contributed by atoms with Crippen LogP contribution < -0.4 is 5.32 Å². The van der Waals surface area contributed by atoms with Crippen LogP contribution in [0.2, 0.25) is 0 Å². The van der Waals surface area contributed by atoms with Gasteiger partial charge >= 0.3 is 0 Å². The zero-order chi connectivity index (χ0) is 13.7. The van der Waals surface area contributed by atoms with Crippen LogP contribution in [0.3, 0.4) is 0 Å². The highest BCUT2D eigenvalue weighted by molar-refractivity contribution is 5.81. The van der Waals surface area contributed by atoms with Crippen LogP contribution in [0, 0.1) is 23.7 Å². The summed E-state index contributed by atoms with van der Waals surface area (Å²) in [5, 5.41) is 3.68. The van der Waals surface area contributed by atoms with Crippen LogP contribution in [0.1, 0.15) is 51.9 Å². The quantitative estimate of drug-likeness (QED) is 0.858. The van der Waals surface area contributed by atoms with E-state index in [1.165, 1.54) is 44.9 Å². The maximum atomic E-state index is 12.6. The largest absolute Gasteiger partial charge is 0.341 e. The number of rotatable bonds is 3. The Labute approximate surface area is 122 Å². The molecule has 0 aromatic carbocycles. The van der Waals surface area contributed by atoms with E-state index in [1.807, 2.05) is 0 Å². The van der Waals surface area contributed by atoms with Crippen LogP contribution >= 0.6 is 0 Å². The minimum Gasteiger partial charge on any atom is -0.341 e. The van der Waals surface area contributed by atoms with E-state index in [1.54, 1.807) is 0 Å². The van der Waals surface area contributed by atoms with Crippen LogP contribution in [0.4, 0.5) is 0 Å². The van der Waals surface area contributed by atoms with Crippen LogP contribution in [-0.4, -0.2) is 36.0 Å². The van der Waals surface area contributed by atoms with Crippen molar-refractivity contribution in [3.05, 3.63) is 0 Å². The summed E-state index contributed by atoms with van der Waals surface area (Å²) in [6.07, 6.45) is 9.37. The van der Waals surface area contributed by atoms with Gasteiger partial charge in [-0.15, -0.1) is 0 Å². The summed E-state index contributed by atoms with van der Waals surface area (Å²) in [4.78, 5) is 14.7. The lowest BCUT2D eigenvalue weighted by Gasteiger charge is -2.25. The summed E-state index contributed by atoms with van der Waals surface area (Å²) in [5.74, 6) is 4.18. The van der Waals surface area contributed by atoms with Crippen molar-refractivity contribution in [2.75, 3.05) is 13.1 Å². The zero-order valence-electron chi connectivity index (χ0n) is 12.7. The Bertz CT molecular complexity index is 372. The highest BCUT2D eigenvalue weighted by Gasteiger charge is 2.65. The molecule has 1 saturated heterocycles. The van der Waals surface area contributed by atoms with Gasteiger partial charge in [-0.05, 0) is 62.7 Å². The maximum Gasteiger partial charge on any atom is 0.239 e. The number of hydrogen-bond acceptors (Lipinski definition) is 2. The Morgan fingerprint density at radius 1 is 1.05 bits per heavy atom. The van der Waals surface area contributed by atoms with Gasteiger partial charge in [0.1, 0.15) is 0 Å². The van der Waals surface area contributed by atoms with E-state index in [0.717, 1.165) is 36.8 Å². The molecule has 1 N–H and O–H groups in total. The third-order valence-corrected chi connectivity index (χ3v) is 6.47. The van der Waals surface area contributed by atoms with Crippen molar-refractivity contribution in [2.45, 2.75) is 64.0 Å². The van der Waals surface area contributed by atoms with E-state index in [4.69, 9.17) is 0 Å². The lowest BCUT2D eigenvalue weighted by Crippen LogP contribution is -2.47. The van der Waals surface area contributed by atoms with E-state index in [-0.39, 0.29) is 6.04 Å². The second-order valence-electron chi connectivity index (χ2n) is 7.64. The minimum atomic E-state index is 0.0306. The molecule has 20 heavy (non-hydrogen) atoms. The summed E-state index contributed by atoms with van der Waals surface area (Å²) < 4.78 is 0. The highest BCUT2D eigenvalue weighted by Crippen LogP contribution is 2.65. The molecule has 4 fully saturated rings. The number of hydrogen-bond donors (Lipinski definition) is 1. The summed E-state index contributed by atoms with van der Waals surface area (Å²) in [5.41, 5.74) is 0. The molecule has 5 atom stereocenters. The van der Waals surface area contributed by atoms with Gasteiger partial charge in [-0.3, -0.25) is 4.79 Å². The average Bonchev–Trinajstić information content (AvgIpc) is 2.95. The fraction of sp³-hybridized carbons (Fsp3) is 0.941. The van der Waals surface area contributed by atoms with E-state index in [0.29, 0.717) is 11.9 Å². The van der Waals surface area contributed by atoms with Gasteiger partial charge in [0.2, 0.25) is 5.91 Å². The van der Waals surface area contributed by atoms with Crippen LogP contribution in [0.5, 0.6) is 0 Å². The molecule has 0 radical (unpaired) electrons. The average molecular weight is 276 g/mol. The molecule has 2 bridgehead atoms. The molecule has 4 rings (SSSR count). The first-order valence-electron chi connectivity index (χ1n) is 8.80. The molecule has 3 heteroatoms.